The van der Waals surface area contributed by atoms with Gasteiger partial charge in [0.2, 0.25) is 5.78 Å². The highest BCUT2D eigenvalue weighted by Gasteiger charge is 2.33. The van der Waals surface area contributed by atoms with Gasteiger partial charge in [0.25, 0.3) is 0 Å². The average Bonchev–Trinajstić information content (AvgIpc) is 3.43. The minimum atomic E-state index is -4.52. The van der Waals surface area contributed by atoms with Crippen LogP contribution in [0.5, 0.6) is 0 Å². The molecule has 0 saturated heterocycles. The molecule has 3 heterocycles. The van der Waals surface area contributed by atoms with E-state index in [1.807, 2.05) is 48.5 Å². The molecule has 0 aliphatic carbocycles. The van der Waals surface area contributed by atoms with E-state index in [0.717, 1.165) is 28.4 Å². The normalized spacial score (nSPS) is 11.8. The molecule has 0 spiro atoms. The first kappa shape index (κ1) is 18.0. The van der Waals surface area contributed by atoms with E-state index in [4.69, 9.17) is 0 Å². The monoisotopic (exact) mass is 406 g/mol. The third kappa shape index (κ3) is 3.10. The fourth-order valence-electron chi connectivity index (χ4n) is 3.34. The first-order chi connectivity index (χ1) is 14.5. The molecule has 0 aliphatic heterocycles. The number of rotatable bonds is 3. The molecule has 3 aromatic heterocycles. The third-order valence-corrected chi connectivity index (χ3v) is 4.71. The lowest BCUT2D eigenvalue weighted by molar-refractivity contribution is -0.141. The Hall–Kier alpha value is -4.01. The Morgan fingerprint density at radius 3 is 2.53 bits per heavy atom. The fourth-order valence-corrected chi connectivity index (χ4v) is 3.34. The highest BCUT2D eigenvalue weighted by atomic mass is 19.4. The van der Waals surface area contributed by atoms with Crippen LogP contribution in [0.4, 0.5) is 13.2 Å². The van der Waals surface area contributed by atoms with E-state index in [9.17, 15) is 13.2 Å². The first-order valence-electron chi connectivity index (χ1n) is 8.97. The van der Waals surface area contributed by atoms with Gasteiger partial charge in [-0.1, -0.05) is 36.4 Å². The van der Waals surface area contributed by atoms with Gasteiger partial charge in [0.05, 0.1) is 17.6 Å². The number of aromatic nitrogens is 6. The molecule has 5 aromatic rings. The zero-order valence-corrected chi connectivity index (χ0v) is 15.3. The summed E-state index contributed by atoms with van der Waals surface area (Å²) < 4.78 is 42.0. The second-order valence-electron chi connectivity index (χ2n) is 6.56. The molecule has 0 atom stereocenters. The maximum absolute atomic E-state index is 12.9. The summed E-state index contributed by atoms with van der Waals surface area (Å²) in [5.74, 6) is -0.00626. The van der Waals surface area contributed by atoms with Crippen LogP contribution in [0.3, 0.4) is 0 Å². The van der Waals surface area contributed by atoms with Crippen molar-refractivity contribution in [2.24, 2.45) is 0 Å². The minimum absolute atomic E-state index is 0.00626. The summed E-state index contributed by atoms with van der Waals surface area (Å²) in [6.45, 7) is 0. The summed E-state index contributed by atoms with van der Waals surface area (Å²) in [6, 6.07) is 16.4. The number of benzene rings is 2. The predicted octanol–water partition coefficient (Wildman–Crippen LogP) is 4.66. The van der Waals surface area contributed by atoms with Crippen LogP contribution >= 0.6 is 0 Å². The van der Waals surface area contributed by atoms with Gasteiger partial charge < -0.3 is 0 Å². The van der Waals surface area contributed by atoms with E-state index in [1.165, 1.54) is 23.1 Å². The predicted molar refractivity (Wildman–Crippen MR) is 104 cm³/mol. The van der Waals surface area contributed by atoms with Crippen molar-refractivity contribution < 1.29 is 13.2 Å². The maximum atomic E-state index is 12.9. The second kappa shape index (κ2) is 6.80. The second-order valence-corrected chi connectivity index (χ2v) is 6.56. The topological polar surface area (TPSA) is 60.9 Å². The number of hydrogen-bond acceptors (Lipinski definition) is 4. The molecular weight excluding hydrogens is 393 g/mol. The summed E-state index contributed by atoms with van der Waals surface area (Å²) in [5, 5.41) is 4.21. The molecule has 2 aromatic carbocycles. The Bertz CT molecular complexity index is 1340. The van der Waals surface area contributed by atoms with E-state index < -0.39 is 11.9 Å². The maximum Gasteiger partial charge on any atom is 0.433 e. The van der Waals surface area contributed by atoms with Crippen LogP contribution in [0.25, 0.3) is 33.8 Å². The van der Waals surface area contributed by atoms with Gasteiger partial charge in [-0.15, -0.1) is 0 Å². The molecule has 0 N–H and O–H groups in total. The van der Waals surface area contributed by atoms with Crippen LogP contribution in [0.15, 0.2) is 79.6 Å². The van der Waals surface area contributed by atoms with Crippen LogP contribution in [0.2, 0.25) is 0 Å². The third-order valence-electron chi connectivity index (χ3n) is 4.71. The Labute approximate surface area is 168 Å². The number of nitrogens with zero attached hydrogens (tertiary/aromatic N) is 6. The Kier molecular flexibility index (Phi) is 4.09. The van der Waals surface area contributed by atoms with Crippen molar-refractivity contribution in [3.63, 3.8) is 0 Å². The molecule has 0 radical (unpaired) electrons. The van der Waals surface area contributed by atoms with E-state index in [2.05, 4.69) is 20.1 Å². The molecule has 0 saturated carbocycles. The number of para-hydroxylation sites is 1. The van der Waals surface area contributed by atoms with Crippen LogP contribution in [0.1, 0.15) is 5.69 Å². The minimum Gasteiger partial charge on any atom is -0.284 e. The summed E-state index contributed by atoms with van der Waals surface area (Å²) in [4.78, 5) is 11.7. The van der Waals surface area contributed by atoms with Crippen molar-refractivity contribution in [3.8, 4) is 28.1 Å². The van der Waals surface area contributed by atoms with Crippen molar-refractivity contribution in [2.75, 3.05) is 0 Å². The molecule has 0 bridgehead atoms. The van der Waals surface area contributed by atoms with Gasteiger partial charge in [-0.2, -0.15) is 18.3 Å². The molecule has 148 valence electrons. The molecule has 6 nitrogen and oxygen atoms in total. The van der Waals surface area contributed by atoms with E-state index in [1.54, 1.807) is 11.0 Å². The molecule has 0 fully saturated rings. The molecular formula is C21H13F3N6. The number of halogens is 3. The Balaban J connectivity index is 1.61. The van der Waals surface area contributed by atoms with Gasteiger partial charge in [0, 0.05) is 17.3 Å². The number of imidazole rings is 1. The van der Waals surface area contributed by atoms with Gasteiger partial charge in [0.1, 0.15) is 18.3 Å². The summed E-state index contributed by atoms with van der Waals surface area (Å²) in [7, 11) is 0. The van der Waals surface area contributed by atoms with E-state index >= 15 is 0 Å². The zero-order chi connectivity index (χ0) is 20.7. The lowest BCUT2D eigenvalue weighted by Gasteiger charge is -2.11. The number of fused-ring (bicyclic) bond motifs is 1. The van der Waals surface area contributed by atoms with Crippen molar-refractivity contribution in [2.45, 2.75) is 6.18 Å². The largest absolute Gasteiger partial charge is 0.433 e. The first-order valence-corrected chi connectivity index (χ1v) is 8.97. The SMILES string of the molecule is FC(F)(F)c1ccn2c(-c3cccc(-c4ccccc4-n4cncn4)c3)cnc2n1. The summed E-state index contributed by atoms with van der Waals surface area (Å²) in [5.41, 5.74) is 3.20. The van der Waals surface area contributed by atoms with Crippen LogP contribution < -0.4 is 0 Å². The van der Waals surface area contributed by atoms with Gasteiger partial charge in [0.15, 0.2) is 0 Å². The Morgan fingerprint density at radius 2 is 1.73 bits per heavy atom. The van der Waals surface area contributed by atoms with Crippen LogP contribution in [0, 0.1) is 0 Å². The van der Waals surface area contributed by atoms with E-state index in [-0.39, 0.29) is 5.78 Å². The molecule has 0 amide bonds. The van der Waals surface area contributed by atoms with Crippen LogP contribution in [-0.2, 0) is 6.18 Å². The fraction of sp³-hybridized carbons (Fsp3) is 0.0476. The van der Waals surface area contributed by atoms with Crippen molar-refractivity contribution >= 4 is 5.78 Å². The Morgan fingerprint density at radius 1 is 0.900 bits per heavy atom. The highest BCUT2D eigenvalue weighted by Crippen LogP contribution is 2.31. The molecule has 5 rings (SSSR count). The number of hydrogen-bond donors (Lipinski definition) is 0. The quantitative estimate of drug-likeness (QED) is 0.437. The van der Waals surface area contributed by atoms with E-state index in [0.29, 0.717) is 5.69 Å². The van der Waals surface area contributed by atoms with Crippen molar-refractivity contribution in [1.82, 2.24) is 29.1 Å². The standard InChI is InChI=1S/C21H13F3N6/c22-21(23,24)19-8-9-29-18(11-26-20(29)28-19)15-5-3-4-14(10-15)16-6-1-2-7-17(16)30-13-25-12-27-30/h1-13H. The molecule has 9 heteroatoms. The molecule has 0 aliphatic rings. The molecule has 30 heavy (non-hydrogen) atoms. The highest BCUT2D eigenvalue weighted by molar-refractivity contribution is 5.77. The van der Waals surface area contributed by atoms with Gasteiger partial charge in [-0.25, -0.2) is 19.6 Å². The van der Waals surface area contributed by atoms with Gasteiger partial charge >= 0.3 is 6.18 Å². The van der Waals surface area contributed by atoms with Crippen molar-refractivity contribution in [1.29, 1.82) is 0 Å². The summed E-state index contributed by atoms with van der Waals surface area (Å²) in [6.07, 6.45) is 1.43. The van der Waals surface area contributed by atoms with Crippen LogP contribution in [-0.4, -0.2) is 29.1 Å². The lowest BCUT2D eigenvalue weighted by Crippen LogP contribution is -2.09. The summed E-state index contributed by atoms with van der Waals surface area (Å²) >= 11 is 0. The van der Waals surface area contributed by atoms with Crippen molar-refractivity contribution in [3.05, 3.63) is 85.3 Å². The van der Waals surface area contributed by atoms with Gasteiger partial charge in [-0.3, -0.25) is 4.40 Å². The molecule has 0 unspecified atom stereocenters. The lowest BCUT2D eigenvalue weighted by atomic mass is 10.0. The van der Waals surface area contributed by atoms with Gasteiger partial charge in [-0.05, 0) is 23.8 Å². The smallest absolute Gasteiger partial charge is 0.284 e. The number of alkyl halides is 3. The zero-order valence-electron chi connectivity index (χ0n) is 15.3. The average molecular weight is 406 g/mol.